The number of hydrogen-bond acceptors (Lipinski definition) is 13. The molecule has 0 atom stereocenters. The van der Waals surface area contributed by atoms with E-state index in [1.165, 1.54) is 48.6 Å². The third kappa shape index (κ3) is 15.1. The number of ether oxygens (including phenoxy) is 3. The van der Waals surface area contributed by atoms with Crippen LogP contribution in [0, 0.1) is 41.6 Å². The molecule has 1 amide bonds. The molecule has 1 N–H and O–H groups in total. The van der Waals surface area contributed by atoms with E-state index in [1.54, 1.807) is 47.8 Å². The van der Waals surface area contributed by atoms with Crippen molar-refractivity contribution < 1.29 is 41.8 Å². The van der Waals surface area contributed by atoms with E-state index in [2.05, 4.69) is 63.1 Å². The van der Waals surface area contributed by atoms with Crippen molar-refractivity contribution in [1.82, 2.24) is 58.1 Å². The van der Waals surface area contributed by atoms with Crippen molar-refractivity contribution in [3.8, 4) is 47.0 Å². The number of ketones is 1. The number of carbonyl (C=O) groups is 2. The van der Waals surface area contributed by atoms with Crippen LogP contribution in [0.25, 0.3) is 39.3 Å². The van der Waals surface area contributed by atoms with E-state index < -0.39 is 0 Å². The summed E-state index contributed by atoms with van der Waals surface area (Å²) in [7, 11) is 3.04. The molecule has 0 unspecified atom stereocenters. The highest BCUT2D eigenvalue weighted by atomic mass is 19.1. The molecule has 86 heavy (non-hydrogen) atoms. The zero-order valence-electron chi connectivity index (χ0n) is 47.6. The molecule has 3 aliphatic heterocycles. The lowest BCUT2D eigenvalue weighted by atomic mass is 10.1. The Morgan fingerprint density at radius 3 is 1.50 bits per heavy atom. The highest BCUT2D eigenvalue weighted by Crippen LogP contribution is 2.27. The first-order valence-corrected chi connectivity index (χ1v) is 28.0. The minimum atomic E-state index is -0.367. The summed E-state index contributed by atoms with van der Waals surface area (Å²) in [4.78, 5) is 51.0. The Morgan fingerprint density at radius 1 is 0.581 bits per heavy atom. The Bertz CT molecular complexity index is 4000. The minimum absolute atomic E-state index is 0.256. The number of halogens is 3. The number of morpholine rings is 3. The molecule has 3 aliphatic rings. The lowest BCUT2D eigenvalue weighted by molar-refractivity contribution is -0.0764. The van der Waals surface area contributed by atoms with Gasteiger partial charge in [0.15, 0.2) is 11.6 Å². The molecule has 440 valence electrons. The number of carbonyl (C=O) groups excluding carboxylic acids is 2. The number of hydroxylamine groups is 2. The van der Waals surface area contributed by atoms with Crippen LogP contribution in [-0.4, -0.2) is 163 Å². The Hall–Kier alpha value is -9.29. The number of hydrogen-bond donors (Lipinski definition) is 1. The molecule has 0 saturated carbocycles. The number of nitrogens with one attached hydrogen (secondary N) is 1. The summed E-state index contributed by atoms with van der Waals surface area (Å²) in [6.07, 6.45) is 10.7. The molecular formula is C65H63F3N12O6. The van der Waals surface area contributed by atoms with Crippen molar-refractivity contribution >= 4 is 28.2 Å². The first-order chi connectivity index (χ1) is 42.0. The smallest absolute Gasteiger partial charge is 0.313 e. The number of terminal acetylenes is 1. The van der Waals surface area contributed by atoms with Gasteiger partial charge in [0.05, 0.1) is 86.1 Å². The van der Waals surface area contributed by atoms with Crippen LogP contribution in [0.1, 0.15) is 49.4 Å². The Morgan fingerprint density at radius 2 is 1.01 bits per heavy atom. The molecule has 0 aliphatic carbocycles. The lowest BCUT2D eigenvalue weighted by Gasteiger charge is -2.25. The number of Topliss-reactive ketones (excluding diaryl/α,β-unsaturated/α-hetero) is 1. The molecule has 0 spiro atoms. The molecule has 0 bridgehead atoms. The van der Waals surface area contributed by atoms with Crippen LogP contribution >= 0.6 is 0 Å². The molecule has 10 heterocycles. The lowest BCUT2D eigenvalue weighted by Crippen LogP contribution is -2.35. The number of pyridine rings is 3. The highest BCUT2D eigenvalue weighted by molar-refractivity contribution is 6.07. The van der Waals surface area contributed by atoms with E-state index in [4.69, 9.17) is 30.5 Å². The predicted molar refractivity (Wildman–Crippen MR) is 318 cm³/mol. The Balaban J connectivity index is 0.000000134. The SMILES string of the molecule is C#Cc1ccc(F)cc1.CON(C)C(=O)c1nc(CN2CCOCC2)c2ccccn12.Fc1ccc(-c2cc(-c3nc(CN4CCOCC4)c4ccccn34)[nH]n2)cc1.O=C(C#Cc1ccc(F)cc1)c1nc(CN2CCOCC2)c2ccccn12. The normalized spacial score (nSPS) is 14.6. The van der Waals surface area contributed by atoms with E-state index in [0.29, 0.717) is 49.1 Å². The van der Waals surface area contributed by atoms with Gasteiger partial charge in [-0.1, -0.05) is 30.0 Å². The Labute approximate surface area is 495 Å². The van der Waals surface area contributed by atoms with E-state index in [-0.39, 0.29) is 29.1 Å². The van der Waals surface area contributed by atoms with Gasteiger partial charge in [-0.05, 0) is 121 Å². The summed E-state index contributed by atoms with van der Waals surface area (Å²) in [6.45, 7) is 11.9. The fourth-order valence-electron chi connectivity index (χ4n) is 9.76. The van der Waals surface area contributed by atoms with Gasteiger partial charge >= 0.3 is 5.91 Å². The van der Waals surface area contributed by atoms with Crippen LogP contribution in [-0.2, 0) is 38.7 Å². The fourth-order valence-corrected chi connectivity index (χ4v) is 9.76. The van der Waals surface area contributed by atoms with E-state index in [1.807, 2.05) is 77.6 Å². The van der Waals surface area contributed by atoms with Gasteiger partial charge in [0.25, 0.3) is 5.78 Å². The molecule has 3 saturated heterocycles. The predicted octanol–water partition coefficient (Wildman–Crippen LogP) is 8.51. The summed E-state index contributed by atoms with van der Waals surface area (Å²) >= 11 is 0. The maximum Gasteiger partial charge on any atom is 0.313 e. The first-order valence-electron chi connectivity index (χ1n) is 28.0. The number of aromatic amines is 1. The van der Waals surface area contributed by atoms with E-state index in [9.17, 15) is 22.8 Å². The topological polar surface area (TPSA) is 165 Å². The number of aromatic nitrogens is 8. The monoisotopic (exact) mass is 1160 g/mol. The zero-order chi connectivity index (χ0) is 59.8. The molecule has 3 fully saturated rings. The van der Waals surface area contributed by atoms with Gasteiger partial charge in [0.1, 0.15) is 23.1 Å². The minimum Gasteiger partial charge on any atom is -0.379 e. The van der Waals surface area contributed by atoms with E-state index in [0.717, 1.165) is 129 Å². The maximum atomic E-state index is 13.2. The molecule has 0 radical (unpaired) electrons. The zero-order valence-corrected chi connectivity index (χ0v) is 47.6. The number of benzene rings is 3. The van der Waals surface area contributed by atoms with Crippen molar-refractivity contribution in [1.29, 1.82) is 0 Å². The van der Waals surface area contributed by atoms with Crippen molar-refractivity contribution in [3.05, 3.63) is 209 Å². The first kappa shape index (κ1) is 59.9. The van der Waals surface area contributed by atoms with Crippen LogP contribution in [0.5, 0.6) is 0 Å². The second-order valence-corrected chi connectivity index (χ2v) is 20.1. The number of H-pyrrole nitrogens is 1. The van der Waals surface area contributed by atoms with Crippen molar-refractivity contribution in [2.75, 3.05) is 93.1 Å². The summed E-state index contributed by atoms with van der Waals surface area (Å²) in [6, 6.07) is 37.5. The number of fused-ring (bicyclic) bond motifs is 3. The van der Waals surface area contributed by atoms with Crippen LogP contribution in [0.4, 0.5) is 13.2 Å². The highest BCUT2D eigenvalue weighted by Gasteiger charge is 2.24. The molecule has 3 aromatic carbocycles. The third-order valence-electron chi connectivity index (χ3n) is 14.4. The number of amides is 1. The van der Waals surface area contributed by atoms with Gasteiger partial charge in [-0.2, -0.15) is 5.10 Å². The average Bonchev–Trinajstić information content (AvgIpc) is 2.49. The van der Waals surface area contributed by atoms with Crippen LogP contribution < -0.4 is 0 Å². The number of imidazole rings is 3. The van der Waals surface area contributed by atoms with Gasteiger partial charge in [-0.3, -0.25) is 47.4 Å². The van der Waals surface area contributed by atoms with Gasteiger partial charge in [0, 0.05) is 101 Å². The third-order valence-corrected chi connectivity index (χ3v) is 14.4. The van der Waals surface area contributed by atoms with Gasteiger partial charge in [-0.15, -0.1) is 6.42 Å². The van der Waals surface area contributed by atoms with Crippen LogP contribution in [0.2, 0.25) is 0 Å². The molecule has 21 heteroatoms. The number of nitrogens with zero attached hydrogens (tertiary/aromatic N) is 11. The summed E-state index contributed by atoms with van der Waals surface area (Å²) in [5.74, 6) is 7.78. The van der Waals surface area contributed by atoms with Gasteiger partial charge in [0.2, 0.25) is 5.82 Å². The summed E-state index contributed by atoms with van der Waals surface area (Å²) < 4.78 is 60.2. The summed E-state index contributed by atoms with van der Waals surface area (Å²) in [5, 5.41) is 8.66. The largest absolute Gasteiger partial charge is 0.379 e. The molecule has 18 nitrogen and oxygen atoms in total. The Kier molecular flexibility index (Phi) is 20.2. The standard InChI is InChI=1S/C21H20FN5O.C21H18FN3O2.C15H20N4O3.C8H5F/c22-16-6-4-15(5-7-16)17-13-18(25-24-17)21-23-19(14-26-9-11-28-12-10-26)20-3-1-2-8-27(20)21;22-17-7-4-16(5-8-17)6-9-20(26)21-23-18(15-24-11-13-27-14-12-24)19-3-1-2-10-25(19)21;1-17(21-2)15(20)14-16-12(11-18-7-9-22-10-8-18)13-5-3-4-6-19(13)14;1-2-7-3-5-8(9)6-4-7/h1-8,13H,9-12,14H2,(H,24,25);1-5,7-8,10H,11-15H2;3-6H,7-11H2,1-2H3;1,3-6H. The second-order valence-electron chi connectivity index (χ2n) is 20.1. The van der Waals surface area contributed by atoms with Crippen molar-refractivity contribution in [2.24, 2.45) is 0 Å². The average molecular weight is 1170 g/mol. The molecule has 13 rings (SSSR count). The van der Waals surface area contributed by atoms with Crippen molar-refractivity contribution in [3.63, 3.8) is 0 Å². The maximum absolute atomic E-state index is 13.2. The fraction of sp³-hybridized carbons (Fsp3) is 0.262. The second kappa shape index (κ2) is 29.0. The quantitative estimate of drug-likeness (QED) is 0.0746. The summed E-state index contributed by atoms with van der Waals surface area (Å²) in [5.41, 5.74) is 9.45. The molecule has 10 aromatic rings. The van der Waals surface area contributed by atoms with Crippen LogP contribution in [0.3, 0.4) is 0 Å². The molecular weight excluding hydrogens is 1100 g/mol. The number of rotatable bonds is 11. The van der Waals surface area contributed by atoms with Crippen LogP contribution in [0.15, 0.2) is 152 Å². The van der Waals surface area contributed by atoms with E-state index >= 15 is 0 Å². The van der Waals surface area contributed by atoms with Crippen molar-refractivity contribution in [2.45, 2.75) is 19.6 Å². The van der Waals surface area contributed by atoms with Gasteiger partial charge in [-0.25, -0.2) is 33.2 Å². The van der Waals surface area contributed by atoms with Gasteiger partial charge < -0.3 is 14.2 Å². The molecule has 7 aromatic heterocycles.